The highest BCUT2D eigenvalue weighted by Crippen LogP contribution is 2.11. The average Bonchev–Trinajstić information content (AvgIpc) is 2.31. The predicted octanol–water partition coefficient (Wildman–Crippen LogP) is 0.180. The number of pyridine rings is 1. The number of nitrogens with one attached hydrogen (secondary N) is 1. The van der Waals surface area contributed by atoms with Crippen molar-refractivity contribution in [1.29, 1.82) is 0 Å². The van der Waals surface area contributed by atoms with Crippen LogP contribution in [0.1, 0.15) is 23.0 Å². The van der Waals surface area contributed by atoms with Gasteiger partial charge in [-0.1, -0.05) is 0 Å². The lowest BCUT2D eigenvalue weighted by molar-refractivity contribution is -0.121. The summed E-state index contributed by atoms with van der Waals surface area (Å²) in [7, 11) is 1.57. The summed E-state index contributed by atoms with van der Waals surface area (Å²) < 4.78 is 0. The van der Waals surface area contributed by atoms with E-state index in [1.165, 1.54) is 11.1 Å². The molecular weight excluding hydrogens is 232 g/mol. The Kier molecular flexibility index (Phi) is 4.65. The molecule has 0 aliphatic heterocycles. The lowest BCUT2D eigenvalue weighted by Gasteiger charge is -2.17. The molecule has 6 nitrogen and oxygen atoms in total. The van der Waals surface area contributed by atoms with E-state index in [9.17, 15) is 9.59 Å². The number of amides is 2. The van der Waals surface area contributed by atoms with Gasteiger partial charge in [-0.15, -0.1) is 0 Å². The third-order valence-corrected chi connectivity index (χ3v) is 2.44. The van der Waals surface area contributed by atoms with Crippen LogP contribution < -0.4 is 11.1 Å². The molecule has 0 spiro atoms. The molecule has 1 heterocycles. The van der Waals surface area contributed by atoms with Gasteiger partial charge in [-0.2, -0.15) is 0 Å². The number of rotatable bonds is 4. The topological polar surface area (TPSA) is 88.3 Å². The smallest absolute Gasteiger partial charge is 0.255 e. The Morgan fingerprint density at radius 3 is 2.78 bits per heavy atom. The maximum absolute atomic E-state index is 12.1. The Morgan fingerprint density at radius 1 is 1.50 bits per heavy atom. The SMILES string of the molecule is CCNC(=O)CN(C)C(=O)c1cc(N)cnc1C. The number of likely N-dealkylation sites (N-methyl/N-ethyl adjacent to an activating group) is 2. The van der Waals surface area contributed by atoms with Gasteiger partial charge >= 0.3 is 0 Å². The number of nitrogens with two attached hydrogens (primary N) is 1. The van der Waals surface area contributed by atoms with Crippen molar-refractivity contribution in [2.45, 2.75) is 13.8 Å². The van der Waals surface area contributed by atoms with Crippen molar-refractivity contribution in [3.63, 3.8) is 0 Å². The van der Waals surface area contributed by atoms with Crippen molar-refractivity contribution in [2.75, 3.05) is 25.9 Å². The van der Waals surface area contributed by atoms with Gasteiger partial charge in [-0.25, -0.2) is 0 Å². The van der Waals surface area contributed by atoms with Gasteiger partial charge in [0.2, 0.25) is 5.91 Å². The molecular formula is C12H18N4O2. The summed E-state index contributed by atoms with van der Waals surface area (Å²) in [6, 6.07) is 1.57. The van der Waals surface area contributed by atoms with E-state index < -0.39 is 0 Å². The number of hydrogen-bond donors (Lipinski definition) is 2. The first-order valence-electron chi connectivity index (χ1n) is 5.70. The molecule has 3 N–H and O–H groups in total. The number of aryl methyl sites for hydroxylation is 1. The molecule has 0 saturated heterocycles. The fourth-order valence-electron chi connectivity index (χ4n) is 1.51. The van der Waals surface area contributed by atoms with Gasteiger partial charge < -0.3 is 16.0 Å². The Morgan fingerprint density at radius 2 is 2.17 bits per heavy atom. The van der Waals surface area contributed by atoms with Gasteiger partial charge in [0.1, 0.15) is 0 Å². The molecule has 0 atom stereocenters. The van der Waals surface area contributed by atoms with Crippen LogP contribution in [0, 0.1) is 6.92 Å². The van der Waals surface area contributed by atoms with Crippen molar-refractivity contribution in [2.24, 2.45) is 0 Å². The van der Waals surface area contributed by atoms with E-state index in [1.807, 2.05) is 6.92 Å². The summed E-state index contributed by atoms with van der Waals surface area (Å²) in [6.07, 6.45) is 1.50. The maximum atomic E-state index is 12.1. The molecule has 0 unspecified atom stereocenters. The van der Waals surface area contributed by atoms with E-state index in [2.05, 4.69) is 10.3 Å². The maximum Gasteiger partial charge on any atom is 0.255 e. The fraction of sp³-hybridized carbons (Fsp3) is 0.417. The van der Waals surface area contributed by atoms with Crippen molar-refractivity contribution >= 4 is 17.5 Å². The van der Waals surface area contributed by atoms with Crippen molar-refractivity contribution < 1.29 is 9.59 Å². The molecule has 1 aromatic rings. The number of carbonyl (C=O) groups is 2. The van der Waals surface area contributed by atoms with Crippen LogP contribution in [0.5, 0.6) is 0 Å². The number of nitrogen functional groups attached to an aromatic ring is 1. The van der Waals surface area contributed by atoms with E-state index in [-0.39, 0.29) is 18.4 Å². The van der Waals surface area contributed by atoms with Crippen LogP contribution in [0.25, 0.3) is 0 Å². The van der Waals surface area contributed by atoms with Crippen molar-refractivity contribution in [3.05, 3.63) is 23.5 Å². The number of anilines is 1. The first-order chi connectivity index (χ1) is 8.45. The summed E-state index contributed by atoms with van der Waals surface area (Å²) in [5, 5.41) is 2.64. The number of hydrogen-bond acceptors (Lipinski definition) is 4. The van der Waals surface area contributed by atoms with Crippen LogP contribution in [-0.4, -0.2) is 41.8 Å². The molecule has 0 aliphatic rings. The Labute approximate surface area is 106 Å². The second-order valence-corrected chi connectivity index (χ2v) is 4.02. The highest BCUT2D eigenvalue weighted by Gasteiger charge is 2.17. The summed E-state index contributed by atoms with van der Waals surface area (Å²) in [5.41, 5.74) is 7.04. The lowest BCUT2D eigenvalue weighted by Crippen LogP contribution is -2.38. The van der Waals surface area contributed by atoms with Gasteiger partial charge in [0.25, 0.3) is 5.91 Å². The number of nitrogens with zero attached hydrogens (tertiary/aromatic N) is 2. The Hall–Kier alpha value is -2.11. The largest absolute Gasteiger partial charge is 0.397 e. The van der Waals surface area contributed by atoms with Crippen LogP contribution in [0.3, 0.4) is 0 Å². The standard InChI is InChI=1S/C12H18N4O2/c1-4-14-11(17)7-16(3)12(18)10-5-9(13)6-15-8(10)2/h5-6H,4,7,13H2,1-3H3,(H,14,17). The van der Waals surface area contributed by atoms with Crippen molar-refractivity contribution in [1.82, 2.24) is 15.2 Å². The first-order valence-corrected chi connectivity index (χ1v) is 5.70. The molecule has 6 heteroatoms. The second-order valence-electron chi connectivity index (χ2n) is 4.02. The molecule has 0 aromatic carbocycles. The van der Waals surface area contributed by atoms with Crippen LogP contribution in [0.15, 0.2) is 12.3 Å². The molecule has 0 saturated carbocycles. The van der Waals surface area contributed by atoms with Gasteiger partial charge in [0.05, 0.1) is 29.7 Å². The monoisotopic (exact) mass is 250 g/mol. The zero-order chi connectivity index (χ0) is 13.7. The van der Waals surface area contributed by atoms with Gasteiger partial charge in [0, 0.05) is 13.6 Å². The molecule has 18 heavy (non-hydrogen) atoms. The van der Waals surface area contributed by atoms with E-state index in [4.69, 9.17) is 5.73 Å². The van der Waals surface area contributed by atoms with Crippen LogP contribution >= 0.6 is 0 Å². The minimum atomic E-state index is -0.265. The summed E-state index contributed by atoms with van der Waals surface area (Å²) in [5.74, 6) is -0.457. The Bertz CT molecular complexity index is 459. The van der Waals surface area contributed by atoms with E-state index in [0.29, 0.717) is 23.5 Å². The summed E-state index contributed by atoms with van der Waals surface area (Å²) in [4.78, 5) is 28.9. The van der Waals surface area contributed by atoms with E-state index in [1.54, 1.807) is 20.0 Å². The number of carbonyl (C=O) groups excluding carboxylic acids is 2. The van der Waals surface area contributed by atoms with Gasteiger partial charge in [-0.3, -0.25) is 14.6 Å². The molecule has 0 bridgehead atoms. The van der Waals surface area contributed by atoms with E-state index >= 15 is 0 Å². The molecule has 0 aliphatic carbocycles. The molecule has 98 valence electrons. The quantitative estimate of drug-likeness (QED) is 0.798. The first kappa shape index (κ1) is 14.0. The minimum absolute atomic E-state index is 0.0148. The third kappa shape index (κ3) is 3.44. The predicted molar refractivity (Wildman–Crippen MR) is 69.0 cm³/mol. The highest BCUT2D eigenvalue weighted by atomic mass is 16.2. The van der Waals surface area contributed by atoms with Crippen molar-refractivity contribution in [3.8, 4) is 0 Å². The summed E-state index contributed by atoms with van der Waals surface area (Å²) >= 11 is 0. The van der Waals surface area contributed by atoms with Crippen LogP contribution in [0.2, 0.25) is 0 Å². The minimum Gasteiger partial charge on any atom is -0.397 e. The lowest BCUT2D eigenvalue weighted by atomic mass is 10.1. The zero-order valence-corrected chi connectivity index (χ0v) is 10.9. The highest BCUT2D eigenvalue weighted by molar-refractivity contribution is 5.97. The number of aromatic nitrogens is 1. The van der Waals surface area contributed by atoms with Crippen LogP contribution in [-0.2, 0) is 4.79 Å². The molecule has 0 radical (unpaired) electrons. The third-order valence-electron chi connectivity index (χ3n) is 2.44. The Balaban J connectivity index is 2.80. The average molecular weight is 250 g/mol. The summed E-state index contributed by atoms with van der Waals surface area (Å²) in [6.45, 7) is 4.11. The second kappa shape index (κ2) is 6.00. The molecule has 1 rings (SSSR count). The molecule has 2 amide bonds. The van der Waals surface area contributed by atoms with Gasteiger partial charge in [-0.05, 0) is 19.9 Å². The fourth-order valence-corrected chi connectivity index (χ4v) is 1.51. The zero-order valence-electron chi connectivity index (χ0n) is 10.9. The molecule has 0 fully saturated rings. The molecule has 1 aromatic heterocycles. The van der Waals surface area contributed by atoms with E-state index in [0.717, 1.165) is 0 Å². The van der Waals surface area contributed by atoms with Gasteiger partial charge in [0.15, 0.2) is 0 Å². The normalized spacial score (nSPS) is 9.94. The van der Waals surface area contributed by atoms with Crippen LogP contribution in [0.4, 0.5) is 5.69 Å².